The first-order valence-corrected chi connectivity index (χ1v) is 4.68. The maximum atomic E-state index is 11.0. The van der Waals surface area contributed by atoms with Crippen molar-refractivity contribution in [1.82, 2.24) is 10.2 Å². The molecule has 0 aliphatic carbocycles. The maximum Gasteiger partial charge on any atom is 0.236 e. The lowest BCUT2D eigenvalue weighted by atomic mass is 10.3. The van der Waals surface area contributed by atoms with Crippen LogP contribution in [0.4, 0.5) is 0 Å². The van der Waals surface area contributed by atoms with Crippen LogP contribution in [0.25, 0.3) is 0 Å². The Bertz CT molecular complexity index is 157. The van der Waals surface area contributed by atoms with E-state index in [0.717, 1.165) is 6.54 Å². The number of hydrogen-bond acceptors (Lipinski definition) is 3. The minimum atomic E-state index is -0.413. The van der Waals surface area contributed by atoms with Gasteiger partial charge in [-0.1, -0.05) is 0 Å². The van der Waals surface area contributed by atoms with Crippen LogP contribution in [0, 0.1) is 0 Å². The standard InChI is InChI=1S/C9H21N3O/c1-7(2)12(4)6-5-11-9(13)8(3)10/h7-8H,5-6,10H2,1-4H3,(H,11,13)/t8-/m0/s1. The van der Waals surface area contributed by atoms with Crippen molar-refractivity contribution in [3.05, 3.63) is 0 Å². The summed E-state index contributed by atoms with van der Waals surface area (Å²) >= 11 is 0. The summed E-state index contributed by atoms with van der Waals surface area (Å²) in [6.07, 6.45) is 0. The minimum Gasteiger partial charge on any atom is -0.353 e. The summed E-state index contributed by atoms with van der Waals surface area (Å²) < 4.78 is 0. The van der Waals surface area contributed by atoms with Crippen LogP contribution in [0.5, 0.6) is 0 Å². The molecule has 1 amide bonds. The lowest BCUT2D eigenvalue weighted by Crippen LogP contribution is -2.42. The SMILES string of the molecule is CC(C)N(C)CCNC(=O)[C@H](C)N. The normalized spacial score (nSPS) is 13.5. The molecule has 0 heterocycles. The smallest absolute Gasteiger partial charge is 0.236 e. The van der Waals surface area contributed by atoms with Crippen LogP contribution in [-0.4, -0.2) is 43.0 Å². The first kappa shape index (κ1) is 12.4. The van der Waals surface area contributed by atoms with Gasteiger partial charge in [0.05, 0.1) is 6.04 Å². The van der Waals surface area contributed by atoms with Gasteiger partial charge >= 0.3 is 0 Å². The van der Waals surface area contributed by atoms with Crippen molar-refractivity contribution in [2.24, 2.45) is 5.73 Å². The zero-order chi connectivity index (χ0) is 10.4. The molecule has 0 saturated heterocycles. The third kappa shape index (κ3) is 5.60. The topological polar surface area (TPSA) is 58.4 Å². The van der Waals surface area contributed by atoms with Crippen LogP contribution < -0.4 is 11.1 Å². The number of amides is 1. The molecule has 0 aliphatic rings. The quantitative estimate of drug-likeness (QED) is 0.626. The van der Waals surface area contributed by atoms with E-state index in [1.54, 1.807) is 6.92 Å². The lowest BCUT2D eigenvalue weighted by Gasteiger charge is -2.21. The molecule has 4 heteroatoms. The molecule has 0 aromatic heterocycles. The second-order valence-corrected chi connectivity index (χ2v) is 3.65. The molecule has 78 valence electrons. The molecule has 0 radical (unpaired) electrons. The van der Waals surface area contributed by atoms with Crippen molar-refractivity contribution in [1.29, 1.82) is 0 Å². The number of likely N-dealkylation sites (N-methyl/N-ethyl adjacent to an activating group) is 1. The second-order valence-electron chi connectivity index (χ2n) is 3.65. The van der Waals surface area contributed by atoms with E-state index in [9.17, 15) is 4.79 Å². The highest BCUT2D eigenvalue weighted by Gasteiger charge is 2.07. The summed E-state index contributed by atoms with van der Waals surface area (Å²) in [4.78, 5) is 13.2. The number of nitrogens with zero attached hydrogens (tertiary/aromatic N) is 1. The summed E-state index contributed by atoms with van der Waals surface area (Å²) in [5.74, 6) is -0.0860. The van der Waals surface area contributed by atoms with E-state index in [2.05, 4.69) is 24.1 Å². The molecular weight excluding hydrogens is 166 g/mol. The summed E-state index contributed by atoms with van der Waals surface area (Å²) in [5, 5.41) is 2.76. The predicted octanol–water partition coefficient (Wildman–Crippen LogP) is -0.210. The van der Waals surface area contributed by atoms with E-state index >= 15 is 0 Å². The zero-order valence-electron chi connectivity index (χ0n) is 9.00. The molecule has 0 aromatic rings. The van der Waals surface area contributed by atoms with E-state index < -0.39 is 6.04 Å². The molecule has 0 unspecified atom stereocenters. The van der Waals surface area contributed by atoms with Crippen molar-refractivity contribution in [2.75, 3.05) is 20.1 Å². The van der Waals surface area contributed by atoms with Gasteiger partial charge in [-0.15, -0.1) is 0 Å². The molecule has 0 aromatic carbocycles. The first-order valence-electron chi connectivity index (χ1n) is 4.68. The van der Waals surface area contributed by atoms with Gasteiger partial charge in [-0.2, -0.15) is 0 Å². The Labute approximate surface area is 80.5 Å². The van der Waals surface area contributed by atoms with E-state index in [0.29, 0.717) is 12.6 Å². The van der Waals surface area contributed by atoms with Crippen LogP contribution in [0.2, 0.25) is 0 Å². The Hall–Kier alpha value is -0.610. The number of rotatable bonds is 5. The fourth-order valence-electron chi connectivity index (χ4n) is 0.775. The molecule has 0 fully saturated rings. The Kier molecular flexibility index (Phi) is 5.66. The van der Waals surface area contributed by atoms with E-state index in [1.807, 2.05) is 7.05 Å². The van der Waals surface area contributed by atoms with Gasteiger partial charge < -0.3 is 16.0 Å². The van der Waals surface area contributed by atoms with Crippen molar-refractivity contribution in [3.8, 4) is 0 Å². The molecule has 1 atom stereocenters. The van der Waals surface area contributed by atoms with Gasteiger partial charge in [-0.3, -0.25) is 4.79 Å². The van der Waals surface area contributed by atoms with Crippen LogP contribution in [0.15, 0.2) is 0 Å². The van der Waals surface area contributed by atoms with Crippen LogP contribution in [0.3, 0.4) is 0 Å². The zero-order valence-corrected chi connectivity index (χ0v) is 9.00. The molecule has 0 bridgehead atoms. The van der Waals surface area contributed by atoms with Crippen molar-refractivity contribution in [3.63, 3.8) is 0 Å². The highest BCUT2D eigenvalue weighted by molar-refractivity contribution is 5.80. The predicted molar refractivity (Wildman–Crippen MR) is 54.4 cm³/mol. The summed E-state index contributed by atoms with van der Waals surface area (Å²) in [6.45, 7) is 7.44. The van der Waals surface area contributed by atoms with Crippen molar-refractivity contribution < 1.29 is 4.79 Å². The van der Waals surface area contributed by atoms with Crippen LogP contribution in [0.1, 0.15) is 20.8 Å². The van der Waals surface area contributed by atoms with Gasteiger partial charge in [-0.25, -0.2) is 0 Å². The van der Waals surface area contributed by atoms with E-state index in [1.165, 1.54) is 0 Å². The van der Waals surface area contributed by atoms with Gasteiger partial charge in [0.15, 0.2) is 0 Å². The van der Waals surface area contributed by atoms with Gasteiger partial charge in [0.2, 0.25) is 5.91 Å². The number of carbonyl (C=O) groups excluding carboxylic acids is 1. The van der Waals surface area contributed by atoms with E-state index in [4.69, 9.17) is 5.73 Å². The van der Waals surface area contributed by atoms with Gasteiger partial charge in [-0.05, 0) is 27.8 Å². The maximum absolute atomic E-state index is 11.0. The van der Waals surface area contributed by atoms with Crippen LogP contribution >= 0.6 is 0 Å². The average molecular weight is 187 g/mol. The molecule has 4 nitrogen and oxygen atoms in total. The highest BCUT2D eigenvalue weighted by Crippen LogP contribution is 1.90. The molecule has 0 saturated carbocycles. The summed E-state index contributed by atoms with van der Waals surface area (Å²) in [7, 11) is 2.03. The molecular formula is C9H21N3O. The molecule has 0 aliphatic heterocycles. The first-order chi connectivity index (χ1) is 5.95. The minimum absolute atomic E-state index is 0.0860. The Morgan fingerprint density at radius 2 is 2.00 bits per heavy atom. The third-order valence-corrected chi connectivity index (χ3v) is 2.06. The Morgan fingerprint density at radius 3 is 2.38 bits per heavy atom. The van der Waals surface area contributed by atoms with Crippen LogP contribution in [-0.2, 0) is 4.79 Å². The van der Waals surface area contributed by atoms with Crippen molar-refractivity contribution in [2.45, 2.75) is 32.9 Å². The number of nitrogens with two attached hydrogens (primary N) is 1. The fraction of sp³-hybridized carbons (Fsp3) is 0.889. The second kappa shape index (κ2) is 5.94. The average Bonchev–Trinajstić information content (AvgIpc) is 2.03. The Morgan fingerprint density at radius 1 is 1.46 bits per heavy atom. The Balaban J connectivity index is 3.51. The molecule has 0 rings (SSSR count). The van der Waals surface area contributed by atoms with Gasteiger partial charge in [0, 0.05) is 19.1 Å². The molecule has 3 N–H and O–H groups in total. The number of carbonyl (C=O) groups is 1. The third-order valence-electron chi connectivity index (χ3n) is 2.06. The van der Waals surface area contributed by atoms with Crippen molar-refractivity contribution >= 4 is 5.91 Å². The van der Waals surface area contributed by atoms with Gasteiger partial charge in [0.1, 0.15) is 0 Å². The largest absolute Gasteiger partial charge is 0.353 e. The monoisotopic (exact) mass is 187 g/mol. The summed E-state index contributed by atoms with van der Waals surface area (Å²) in [6, 6.07) is 0.0940. The van der Waals surface area contributed by atoms with Gasteiger partial charge in [0.25, 0.3) is 0 Å². The molecule has 0 spiro atoms. The highest BCUT2D eigenvalue weighted by atomic mass is 16.2. The van der Waals surface area contributed by atoms with E-state index in [-0.39, 0.29) is 5.91 Å². The number of nitrogens with one attached hydrogen (secondary N) is 1. The fourth-order valence-corrected chi connectivity index (χ4v) is 0.775. The summed E-state index contributed by atoms with van der Waals surface area (Å²) in [5.41, 5.74) is 5.39. The lowest BCUT2D eigenvalue weighted by molar-refractivity contribution is -0.122. The molecule has 13 heavy (non-hydrogen) atoms. The number of hydrogen-bond donors (Lipinski definition) is 2.